The van der Waals surface area contributed by atoms with Crippen molar-refractivity contribution < 1.29 is 5.11 Å². The quantitative estimate of drug-likeness (QED) is 0.627. The summed E-state index contributed by atoms with van der Waals surface area (Å²) < 4.78 is 0. The fraction of sp³-hybridized carbons (Fsp3) is 1.00. The van der Waals surface area contributed by atoms with E-state index < -0.39 is 0 Å². The van der Waals surface area contributed by atoms with Crippen molar-refractivity contribution in [1.82, 2.24) is 5.32 Å². The first-order valence-electron chi connectivity index (χ1n) is 4.59. The molecule has 0 saturated heterocycles. The average molecular weight is 157 g/mol. The second kappa shape index (κ2) is 3.55. The minimum atomic E-state index is 0.00993. The zero-order valence-electron chi connectivity index (χ0n) is 7.56. The van der Waals surface area contributed by atoms with E-state index in [4.69, 9.17) is 5.11 Å². The highest BCUT2D eigenvalue weighted by Gasteiger charge is 2.40. The van der Waals surface area contributed by atoms with Gasteiger partial charge >= 0.3 is 0 Å². The maximum Gasteiger partial charge on any atom is 0.0613 e. The Balaban J connectivity index is 2.31. The number of hydrogen-bond acceptors (Lipinski definition) is 2. The van der Waals surface area contributed by atoms with Crippen molar-refractivity contribution >= 4 is 0 Å². The molecule has 11 heavy (non-hydrogen) atoms. The average Bonchev–Trinajstić information content (AvgIpc) is 2.82. The molecule has 0 spiro atoms. The molecule has 2 heteroatoms. The Labute approximate surface area is 69.0 Å². The molecule has 1 fully saturated rings. The highest BCUT2D eigenvalue weighted by molar-refractivity contribution is 4.97. The summed E-state index contributed by atoms with van der Waals surface area (Å²) in [6.07, 6.45) is 3.71. The summed E-state index contributed by atoms with van der Waals surface area (Å²) in [6, 6.07) is 0. The first-order valence-corrected chi connectivity index (χ1v) is 4.59. The van der Waals surface area contributed by atoms with Crippen molar-refractivity contribution in [3.8, 4) is 0 Å². The molecule has 0 radical (unpaired) electrons. The zero-order valence-corrected chi connectivity index (χ0v) is 7.56. The Morgan fingerprint density at radius 3 is 2.55 bits per heavy atom. The monoisotopic (exact) mass is 157 g/mol. The van der Waals surface area contributed by atoms with Gasteiger partial charge < -0.3 is 10.4 Å². The Kier molecular flexibility index (Phi) is 2.90. The van der Waals surface area contributed by atoms with Crippen molar-refractivity contribution in [2.24, 2.45) is 5.92 Å². The fourth-order valence-corrected chi connectivity index (χ4v) is 1.46. The van der Waals surface area contributed by atoms with E-state index >= 15 is 0 Å². The summed E-state index contributed by atoms with van der Waals surface area (Å²) in [5, 5.41) is 12.6. The Morgan fingerprint density at radius 1 is 1.55 bits per heavy atom. The van der Waals surface area contributed by atoms with E-state index in [0.29, 0.717) is 0 Å². The van der Waals surface area contributed by atoms with Crippen LogP contribution in [0.15, 0.2) is 0 Å². The van der Waals surface area contributed by atoms with Crippen LogP contribution >= 0.6 is 0 Å². The predicted molar refractivity (Wildman–Crippen MR) is 46.5 cm³/mol. The Hall–Kier alpha value is -0.0800. The molecule has 2 N–H and O–H groups in total. The van der Waals surface area contributed by atoms with Crippen molar-refractivity contribution in [3.63, 3.8) is 0 Å². The maximum atomic E-state index is 9.16. The molecule has 0 amide bonds. The van der Waals surface area contributed by atoms with Crippen LogP contribution in [0.5, 0.6) is 0 Å². The lowest BCUT2D eigenvalue weighted by molar-refractivity contribution is 0.155. The SMILES string of the molecule is CCCNC(C)(CO)C1CC1. The van der Waals surface area contributed by atoms with Crippen molar-refractivity contribution in [3.05, 3.63) is 0 Å². The summed E-state index contributed by atoms with van der Waals surface area (Å²) in [5.41, 5.74) is 0.00993. The van der Waals surface area contributed by atoms with E-state index in [1.54, 1.807) is 0 Å². The van der Waals surface area contributed by atoms with Gasteiger partial charge in [-0.2, -0.15) is 0 Å². The van der Waals surface area contributed by atoms with Crippen LogP contribution in [0.1, 0.15) is 33.1 Å². The van der Waals surface area contributed by atoms with Crippen LogP contribution < -0.4 is 5.32 Å². The second-order valence-corrected chi connectivity index (χ2v) is 3.78. The molecule has 1 rings (SSSR count). The molecule has 1 aliphatic carbocycles. The Morgan fingerprint density at radius 2 is 2.18 bits per heavy atom. The fourth-order valence-electron chi connectivity index (χ4n) is 1.46. The molecular weight excluding hydrogens is 138 g/mol. The molecule has 1 unspecified atom stereocenters. The molecule has 1 atom stereocenters. The third-order valence-electron chi connectivity index (χ3n) is 2.59. The van der Waals surface area contributed by atoms with Gasteiger partial charge in [0.15, 0.2) is 0 Å². The highest BCUT2D eigenvalue weighted by Crippen LogP contribution is 2.39. The first-order chi connectivity index (χ1) is 5.23. The van der Waals surface area contributed by atoms with Crippen LogP contribution in [0.2, 0.25) is 0 Å². The zero-order chi connectivity index (χ0) is 8.32. The van der Waals surface area contributed by atoms with Gasteiger partial charge in [-0.1, -0.05) is 6.92 Å². The van der Waals surface area contributed by atoms with Crippen LogP contribution in [0, 0.1) is 5.92 Å². The minimum Gasteiger partial charge on any atom is -0.394 e. The summed E-state index contributed by atoms with van der Waals surface area (Å²) in [5.74, 6) is 0.721. The number of aliphatic hydroxyl groups is 1. The number of aliphatic hydroxyl groups excluding tert-OH is 1. The van der Waals surface area contributed by atoms with Crippen molar-refractivity contribution in [2.75, 3.05) is 13.2 Å². The van der Waals surface area contributed by atoms with E-state index in [0.717, 1.165) is 18.9 Å². The molecule has 66 valence electrons. The van der Waals surface area contributed by atoms with Gasteiger partial charge in [-0.05, 0) is 38.6 Å². The summed E-state index contributed by atoms with van der Waals surface area (Å²) >= 11 is 0. The topological polar surface area (TPSA) is 32.3 Å². The molecule has 2 nitrogen and oxygen atoms in total. The van der Waals surface area contributed by atoms with Crippen LogP contribution in [-0.4, -0.2) is 23.8 Å². The molecule has 1 aliphatic rings. The molecule has 0 aromatic rings. The molecule has 0 aromatic heterocycles. The predicted octanol–water partition coefficient (Wildman–Crippen LogP) is 1.15. The number of hydrogen-bond donors (Lipinski definition) is 2. The summed E-state index contributed by atoms with van der Waals surface area (Å²) in [6.45, 7) is 5.57. The van der Waals surface area contributed by atoms with Gasteiger partial charge in [-0.15, -0.1) is 0 Å². The van der Waals surface area contributed by atoms with Crippen LogP contribution in [0.25, 0.3) is 0 Å². The van der Waals surface area contributed by atoms with Gasteiger partial charge in [0.25, 0.3) is 0 Å². The molecular formula is C9H19NO. The summed E-state index contributed by atoms with van der Waals surface area (Å²) in [4.78, 5) is 0. The maximum absolute atomic E-state index is 9.16. The number of nitrogens with one attached hydrogen (secondary N) is 1. The van der Waals surface area contributed by atoms with Crippen LogP contribution in [0.4, 0.5) is 0 Å². The van der Waals surface area contributed by atoms with Gasteiger partial charge in [0.2, 0.25) is 0 Å². The molecule has 0 bridgehead atoms. The van der Waals surface area contributed by atoms with Gasteiger partial charge in [-0.3, -0.25) is 0 Å². The minimum absolute atomic E-state index is 0.00993. The highest BCUT2D eigenvalue weighted by atomic mass is 16.3. The van der Waals surface area contributed by atoms with E-state index in [2.05, 4.69) is 19.2 Å². The van der Waals surface area contributed by atoms with Crippen LogP contribution in [-0.2, 0) is 0 Å². The third-order valence-corrected chi connectivity index (χ3v) is 2.59. The largest absolute Gasteiger partial charge is 0.394 e. The normalized spacial score (nSPS) is 23.2. The number of rotatable bonds is 5. The van der Waals surface area contributed by atoms with Gasteiger partial charge in [0, 0.05) is 5.54 Å². The van der Waals surface area contributed by atoms with E-state index in [1.165, 1.54) is 12.8 Å². The summed E-state index contributed by atoms with van der Waals surface area (Å²) in [7, 11) is 0. The lowest BCUT2D eigenvalue weighted by atomic mass is 9.97. The smallest absolute Gasteiger partial charge is 0.0613 e. The lowest BCUT2D eigenvalue weighted by Crippen LogP contribution is -2.48. The molecule has 1 saturated carbocycles. The standard InChI is InChI=1S/C9H19NO/c1-3-6-10-9(2,7-11)8-4-5-8/h8,10-11H,3-7H2,1-2H3. The van der Waals surface area contributed by atoms with Gasteiger partial charge in [-0.25, -0.2) is 0 Å². The second-order valence-electron chi connectivity index (χ2n) is 3.78. The third kappa shape index (κ3) is 2.17. The molecule has 0 heterocycles. The van der Waals surface area contributed by atoms with Crippen molar-refractivity contribution in [1.29, 1.82) is 0 Å². The van der Waals surface area contributed by atoms with E-state index in [9.17, 15) is 0 Å². The first kappa shape index (κ1) is 9.01. The lowest BCUT2D eigenvalue weighted by Gasteiger charge is -2.28. The van der Waals surface area contributed by atoms with E-state index in [1.807, 2.05) is 0 Å². The van der Waals surface area contributed by atoms with Gasteiger partial charge in [0.1, 0.15) is 0 Å². The van der Waals surface area contributed by atoms with Gasteiger partial charge in [0.05, 0.1) is 6.61 Å². The van der Waals surface area contributed by atoms with Crippen LogP contribution in [0.3, 0.4) is 0 Å². The Bertz CT molecular complexity index is 123. The van der Waals surface area contributed by atoms with Crippen molar-refractivity contribution in [2.45, 2.75) is 38.6 Å². The molecule has 0 aromatic carbocycles. The van der Waals surface area contributed by atoms with E-state index in [-0.39, 0.29) is 12.1 Å². The molecule has 0 aliphatic heterocycles.